The maximum atomic E-state index is 11.1. The molecular weight excluding hydrogens is 394 g/mol. The molecule has 0 spiro atoms. The molecule has 2 heterocycles. The van der Waals surface area contributed by atoms with E-state index in [1.807, 2.05) is 60.5 Å². The fourth-order valence-electron chi connectivity index (χ4n) is 3.72. The largest absolute Gasteiger partial charge is 0.454 e. The molecule has 5 rings (SSSR count). The minimum Gasteiger partial charge on any atom is -0.454 e. The zero-order valence-corrected chi connectivity index (χ0v) is 16.8. The number of aliphatic imine (C=N–C) groups is 1. The quantitative estimate of drug-likeness (QED) is 0.429. The van der Waals surface area contributed by atoms with E-state index in [1.54, 1.807) is 12.1 Å². The Hall–Kier alpha value is -4.13. The number of hydrogen-bond acceptors (Lipinski definition) is 6. The van der Waals surface area contributed by atoms with E-state index in [-0.39, 0.29) is 17.4 Å². The third-order valence-corrected chi connectivity index (χ3v) is 5.43. The minimum atomic E-state index is -0.382. The monoisotopic (exact) mass is 413 g/mol. The maximum absolute atomic E-state index is 11.1. The highest BCUT2D eigenvalue weighted by molar-refractivity contribution is 6.13. The second-order valence-corrected chi connectivity index (χ2v) is 7.32. The van der Waals surface area contributed by atoms with Crippen LogP contribution in [0.25, 0.3) is 6.08 Å². The molecule has 0 bridgehead atoms. The lowest BCUT2D eigenvalue weighted by molar-refractivity contribution is -0.384. The Morgan fingerprint density at radius 3 is 2.71 bits per heavy atom. The van der Waals surface area contributed by atoms with Crippen LogP contribution in [0, 0.1) is 10.1 Å². The lowest BCUT2D eigenvalue weighted by Crippen LogP contribution is -2.10. The summed E-state index contributed by atoms with van der Waals surface area (Å²) >= 11 is 0. The van der Waals surface area contributed by atoms with Crippen molar-refractivity contribution in [2.24, 2.45) is 4.99 Å². The number of non-ortho nitro benzene ring substituents is 1. The molecule has 7 heteroatoms. The predicted octanol–water partition coefficient (Wildman–Crippen LogP) is 5.11. The van der Waals surface area contributed by atoms with Gasteiger partial charge in [-0.25, -0.2) is 0 Å². The average molecular weight is 413 g/mol. The van der Waals surface area contributed by atoms with Crippen LogP contribution >= 0.6 is 0 Å². The number of allylic oxidation sites excluding steroid dienone is 1. The van der Waals surface area contributed by atoms with E-state index in [0.717, 1.165) is 45.3 Å². The summed E-state index contributed by atoms with van der Waals surface area (Å²) in [6, 6.07) is 18.6. The third kappa shape index (κ3) is 3.61. The number of nitro groups is 1. The molecule has 2 aliphatic rings. The molecule has 0 radical (unpaired) electrons. The molecule has 0 amide bonds. The van der Waals surface area contributed by atoms with Crippen molar-refractivity contribution >= 4 is 28.8 Å². The van der Waals surface area contributed by atoms with Gasteiger partial charge in [-0.2, -0.15) is 0 Å². The smallest absolute Gasteiger partial charge is 0.271 e. The Morgan fingerprint density at radius 2 is 1.84 bits per heavy atom. The number of fused-ring (bicyclic) bond motifs is 2. The molecule has 2 aliphatic heterocycles. The van der Waals surface area contributed by atoms with Crippen LogP contribution in [0.3, 0.4) is 0 Å². The van der Waals surface area contributed by atoms with E-state index in [2.05, 4.69) is 11.1 Å². The Labute approximate surface area is 179 Å². The molecule has 0 saturated carbocycles. The molecular formula is C24H19N3O4. The van der Waals surface area contributed by atoms with E-state index >= 15 is 0 Å². The second kappa shape index (κ2) is 7.60. The number of rotatable bonds is 5. The molecule has 0 unspecified atom stereocenters. The number of hydrogen-bond donors (Lipinski definition) is 0. The van der Waals surface area contributed by atoms with Crippen molar-refractivity contribution in [3.05, 3.63) is 93.5 Å². The summed E-state index contributed by atoms with van der Waals surface area (Å²) in [6.07, 6.45) is 4.02. The summed E-state index contributed by atoms with van der Waals surface area (Å²) in [5.74, 6) is 1.52. The number of ether oxygens (including phenoxy) is 2. The summed E-state index contributed by atoms with van der Waals surface area (Å²) in [5.41, 5.74) is 5.95. The van der Waals surface area contributed by atoms with Gasteiger partial charge in [0.2, 0.25) is 6.79 Å². The van der Waals surface area contributed by atoms with Gasteiger partial charge in [-0.3, -0.25) is 15.1 Å². The summed E-state index contributed by atoms with van der Waals surface area (Å²) < 4.78 is 10.8. The molecule has 0 aromatic heterocycles. The van der Waals surface area contributed by atoms with Gasteiger partial charge in [0.1, 0.15) is 0 Å². The first-order chi connectivity index (χ1) is 15.1. The highest BCUT2D eigenvalue weighted by Crippen LogP contribution is 2.33. The average Bonchev–Trinajstić information content (AvgIpc) is 3.43. The first-order valence-corrected chi connectivity index (χ1v) is 9.82. The van der Waals surface area contributed by atoms with Crippen molar-refractivity contribution in [3.8, 4) is 11.5 Å². The van der Waals surface area contributed by atoms with Crippen molar-refractivity contribution in [3.63, 3.8) is 0 Å². The summed E-state index contributed by atoms with van der Waals surface area (Å²) in [4.78, 5) is 17.3. The first-order valence-electron chi connectivity index (χ1n) is 9.82. The SMILES string of the molecule is CN(c1cccc([N+](=O)[O-])c1)c1ccc2c(c1)CN=C2/C=C/c1ccc2c(c1)OCO2. The molecule has 154 valence electrons. The highest BCUT2D eigenvalue weighted by atomic mass is 16.7. The van der Waals surface area contributed by atoms with Crippen molar-refractivity contribution in [1.29, 1.82) is 0 Å². The van der Waals surface area contributed by atoms with Gasteiger partial charge in [-0.15, -0.1) is 0 Å². The van der Waals surface area contributed by atoms with Crippen molar-refractivity contribution in [2.75, 3.05) is 18.7 Å². The van der Waals surface area contributed by atoms with Crippen LogP contribution < -0.4 is 14.4 Å². The Morgan fingerprint density at radius 1 is 1.00 bits per heavy atom. The van der Waals surface area contributed by atoms with E-state index in [1.165, 1.54) is 6.07 Å². The first kappa shape index (κ1) is 18.9. The normalized spacial score (nSPS) is 13.9. The van der Waals surface area contributed by atoms with Crippen molar-refractivity contribution in [2.45, 2.75) is 6.54 Å². The zero-order chi connectivity index (χ0) is 21.4. The fraction of sp³-hybridized carbons (Fsp3) is 0.125. The summed E-state index contributed by atoms with van der Waals surface area (Å²) in [6.45, 7) is 0.864. The van der Waals surface area contributed by atoms with E-state index in [9.17, 15) is 10.1 Å². The van der Waals surface area contributed by atoms with Crippen LogP contribution in [-0.4, -0.2) is 24.5 Å². The van der Waals surface area contributed by atoms with Gasteiger partial charge < -0.3 is 14.4 Å². The molecule has 3 aromatic carbocycles. The number of anilines is 2. The molecule has 0 fully saturated rings. The molecule has 0 aliphatic carbocycles. The van der Waals surface area contributed by atoms with Gasteiger partial charge >= 0.3 is 0 Å². The maximum Gasteiger partial charge on any atom is 0.271 e. The van der Waals surface area contributed by atoms with Gasteiger partial charge in [0.25, 0.3) is 5.69 Å². The Bertz CT molecular complexity index is 1250. The minimum absolute atomic E-state index is 0.0739. The van der Waals surface area contributed by atoms with Gasteiger partial charge in [0.15, 0.2) is 11.5 Å². The lowest BCUT2D eigenvalue weighted by atomic mass is 10.0. The van der Waals surface area contributed by atoms with Crippen LogP contribution in [-0.2, 0) is 6.54 Å². The van der Waals surface area contributed by atoms with E-state index in [0.29, 0.717) is 6.54 Å². The van der Waals surface area contributed by atoms with E-state index in [4.69, 9.17) is 9.47 Å². The Balaban J connectivity index is 1.36. The van der Waals surface area contributed by atoms with Gasteiger partial charge in [0, 0.05) is 36.1 Å². The molecule has 7 nitrogen and oxygen atoms in total. The van der Waals surface area contributed by atoms with Crippen LogP contribution in [0.2, 0.25) is 0 Å². The van der Waals surface area contributed by atoms with Crippen LogP contribution in [0.15, 0.2) is 71.7 Å². The number of nitro benzene ring substituents is 1. The topological polar surface area (TPSA) is 77.2 Å². The van der Waals surface area contributed by atoms with Gasteiger partial charge in [-0.1, -0.05) is 24.3 Å². The molecule has 0 N–H and O–H groups in total. The Kier molecular flexibility index (Phi) is 4.63. The molecule has 31 heavy (non-hydrogen) atoms. The molecule has 3 aromatic rings. The lowest BCUT2D eigenvalue weighted by Gasteiger charge is -2.20. The molecule has 0 saturated heterocycles. The zero-order valence-electron chi connectivity index (χ0n) is 16.8. The standard InChI is InChI=1S/C24H19N3O4/c1-26(18-3-2-4-20(13-18)27(28)29)19-7-8-21-17(12-19)14-25-22(21)9-5-16-6-10-23-24(11-16)31-15-30-23/h2-13H,14-15H2,1H3/b9-5+. The molecule has 0 atom stereocenters. The summed E-state index contributed by atoms with van der Waals surface area (Å²) in [5, 5.41) is 11.1. The van der Waals surface area contributed by atoms with Gasteiger partial charge in [0.05, 0.1) is 17.2 Å². The predicted molar refractivity (Wildman–Crippen MR) is 119 cm³/mol. The fourth-order valence-corrected chi connectivity index (χ4v) is 3.72. The second-order valence-electron chi connectivity index (χ2n) is 7.32. The number of nitrogens with zero attached hydrogens (tertiary/aromatic N) is 3. The third-order valence-electron chi connectivity index (χ3n) is 5.43. The number of benzene rings is 3. The van der Waals surface area contributed by atoms with Crippen LogP contribution in [0.4, 0.5) is 17.1 Å². The van der Waals surface area contributed by atoms with E-state index < -0.39 is 0 Å². The van der Waals surface area contributed by atoms with Gasteiger partial charge in [-0.05, 0) is 47.5 Å². The van der Waals surface area contributed by atoms with Crippen LogP contribution in [0.5, 0.6) is 11.5 Å². The van der Waals surface area contributed by atoms with Crippen molar-refractivity contribution in [1.82, 2.24) is 0 Å². The summed E-state index contributed by atoms with van der Waals surface area (Å²) in [7, 11) is 1.90. The van der Waals surface area contributed by atoms with Crippen LogP contribution in [0.1, 0.15) is 16.7 Å². The highest BCUT2D eigenvalue weighted by Gasteiger charge is 2.17. The van der Waals surface area contributed by atoms with Crippen molar-refractivity contribution < 1.29 is 14.4 Å².